The van der Waals surface area contributed by atoms with E-state index >= 15 is 0 Å². The zero-order valence-corrected chi connectivity index (χ0v) is 14.0. The van der Waals surface area contributed by atoms with Crippen LogP contribution in [-0.2, 0) is 10.5 Å². The van der Waals surface area contributed by atoms with Crippen molar-refractivity contribution < 1.29 is 28.8 Å². The third-order valence-electron chi connectivity index (χ3n) is 4.60. The maximum absolute atomic E-state index is 12.8. The molecule has 0 saturated heterocycles. The van der Waals surface area contributed by atoms with E-state index in [1.54, 1.807) is 30.3 Å². The first-order valence-electron chi connectivity index (χ1n) is 8.37. The third kappa shape index (κ3) is 2.30. The fourth-order valence-electron chi connectivity index (χ4n) is 3.33. The van der Waals surface area contributed by atoms with Gasteiger partial charge in [0.15, 0.2) is 11.5 Å². The Kier molecular flexibility index (Phi) is 3.27. The van der Waals surface area contributed by atoms with Gasteiger partial charge in [0.2, 0.25) is 6.79 Å². The first-order chi connectivity index (χ1) is 13.2. The van der Waals surface area contributed by atoms with Crippen molar-refractivity contribution in [3.8, 4) is 23.0 Å². The van der Waals surface area contributed by atoms with E-state index in [0.29, 0.717) is 22.6 Å². The maximum Gasteiger partial charge on any atom is 0.349 e. The molecule has 0 radical (unpaired) electrons. The topological polar surface area (TPSA) is 74.2 Å². The summed E-state index contributed by atoms with van der Waals surface area (Å²) in [5, 5.41) is 10.0. The van der Waals surface area contributed by atoms with E-state index in [9.17, 15) is 9.90 Å². The standard InChI is InChI=1S/C21H14O6/c22-15-7-4-8-17-19(15)20(23)27-21(26-17,13-5-2-1-3-6-13)14-9-10-16-18(11-14)25-12-24-16/h1-11,22H,12H2. The lowest BCUT2D eigenvalue weighted by molar-refractivity contribution is -0.131. The molecule has 2 aliphatic rings. The number of rotatable bonds is 2. The number of aromatic hydroxyl groups is 1. The number of carbonyl (C=O) groups is 1. The van der Waals surface area contributed by atoms with E-state index in [1.165, 1.54) is 6.07 Å². The lowest BCUT2D eigenvalue weighted by Gasteiger charge is -2.38. The Morgan fingerprint density at radius 1 is 0.778 bits per heavy atom. The molecule has 1 atom stereocenters. The molecule has 5 rings (SSSR count). The summed E-state index contributed by atoms with van der Waals surface area (Å²) < 4.78 is 22.8. The van der Waals surface area contributed by atoms with Crippen molar-refractivity contribution in [3.05, 3.63) is 83.4 Å². The van der Waals surface area contributed by atoms with Crippen molar-refractivity contribution in [1.29, 1.82) is 0 Å². The summed E-state index contributed by atoms with van der Waals surface area (Å²) >= 11 is 0. The van der Waals surface area contributed by atoms with Crippen molar-refractivity contribution in [3.63, 3.8) is 0 Å². The number of cyclic esters (lactones) is 1. The zero-order valence-electron chi connectivity index (χ0n) is 14.0. The molecule has 0 aromatic heterocycles. The minimum absolute atomic E-state index is 0.00444. The quantitative estimate of drug-likeness (QED) is 0.703. The molecule has 6 nitrogen and oxygen atoms in total. The van der Waals surface area contributed by atoms with Crippen LogP contribution in [0.4, 0.5) is 0 Å². The second-order valence-corrected chi connectivity index (χ2v) is 6.19. The van der Waals surface area contributed by atoms with Crippen LogP contribution in [0.2, 0.25) is 0 Å². The van der Waals surface area contributed by atoms with Crippen LogP contribution in [-0.4, -0.2) is 17.9 Å². The smallest absolute Gasteiger partial charge is 0.349 e. The summed E-state index contributed by atoms with van der Waals surface area (Å²) in [6.07, 6.45) is 0. The van der Waals surface area contributed by atoms with Crippen molar-refractivity contribution in [2.75, 3.05) is 6.79 Å². The average molecular weight is 362 g/mol. The number of phenolic OH excluding ortho intramolecular Hbond substituents is 1. The molecule has 0 aliphatic carbocycles. The van der Waals surface area contributed by atoms with Crippen LogP contribution in [0, 0.1) is 0 Å². The number of carbonyl (C=O) groups excluding carboxylic acids is 1. The highest BCUT2D eigenvalue weighted by atomic mass is 16.7. The van der Waals surface area contributed by atoms with E-state index in [4.69, 9.17) is 18.9 Å². The summed E-state index contributed by atoms with van der Waals surface area (Å²) in [5.41, 5.74) is 1.20. The number of hydrogen-bond donors (Lipinski definition) is 1. The summed E-state index contributed by atoms with van der Waals surface area (Å²) in [6, 6.07) is 19.1. The second kappa shape index (κ2) is 5.67. The van der Waals surface area contributed by atoms with Crippen molar-refractivity contribution in [2.45, 2.75) is 5.79 Å². The zero-order chi connectivity index (χ0) is 18.4. The Morgan fingerprint density at radius 2 is 1.59 bits per heavy atom. The minimum Gasteiger partial charge on any atom is -0.507 e. The van der Waals surface area contributed by atoms with E-state index in [-0.39, 0.29) is 23.9 Å². The summed E-state index contributed by atoms with van der Waals surface area (Å²) in [4.78, 5) is 12.8. The van der Waals surface area contributed by atoms with Gasteiger partial charge in [-0.3, -0.25) is 0 Å². The molecule has 134 valence electrons. The van der Waals surface area contributed by atoms with Gasteiger partial charge >= 0.3 is 11.8 Å². The van der Waals surface area contributed by atoms with Gasteiger partial charge in [-0.25, -0.2) is 4.79 Å². The number of fused-ring (bicyclic) bond motifs is 2. The molecule has 1 unspecified atom stereocenters. The van der Waals surface area contributed by atoms with E-state index in [0.717, 1.165) is 0 Å². The monoisotopic (exact) mass is 362 g/mol. The van der Waals surface area contributed by atoms with Crippen LogP contribution in [0.3, 0.4) is 0 Å². The van der Waals surface area contributed by atoms with Crippen molar-refractivity contribution in [2.24, 2.45) is 0 Å². The fraction of sp³-hybridized carbons (Fsp3) is 0.0952. The molecule has 27 heavy (non-hydrogen) atoms. The Morgan fingerprint density at radius 3 is 2.44 bits per heavy atom. The molecule has 0 saturated carbocycles. The van der Waals surface area contributed by atoms with Crippen LogP contribution < -0.4 is 14.2 Å². The van der Waals surface area contributed by atoms with Gasteiger partial charge in [0, 0.05) is 11.1 Å². The van der Waals surface area contributed by atoms with Crippen LogP contribution in [0.25, 0.3) is 0 Å². The molecule has 6 heteroatoms. The summed E-state index contributed by atoms with van der Waals surface area (Å²) in [7, 11) is 0. The highest BCUT2D eigenvalue weighted by Gasteiger charge is 2.47. The predicted molar refractivity (Wildman–Crippen MR) is 93.9 cm³/mol. The molecule has 2 aliphatic heterocycles. The number of hydrogen-bond acceptors (Lipinski definition) is 6. The maximum atomic E-state index is 12.8. The molecule has 3 aromatic rings. The molecule has 0 fully saturated rings. The first-order valence-corrected chi connectivity index (χ1v) is 8.37. The van der Waals surface area contributed by atoms with Crippen LogP contribution in [0.15, 0.2) is 66.7 Å². The normalized spacial score (nSPS) is 19.8. The second-order valence-electron chi connectivity index (χ2n) is 6.19. The predicted octanol–water partition coefficient (Wildman–Crippen LogP) is 3.57. The molecule has 3 aromatic carbocycles. The van der Waals surface area contributed by atoms with Gasteiger partial charge < -0.3 is 24.1 Å². The molecular formula is C21H14O6. The lowest BCUT2D eigenvalue weighted by atomic mass is 9.95. The minimum atomic E-state index is -1.51. The van der Waals surface area contributed by atoms with Crippen LogP contribution >= 0.6 is 0 Å². The SMILES string of the molecule is O=C1OC(c2ccccc2)(c2ccc3c(c2)OCO3)Oc2cccc(O)c21. The Labute approximate surface area is 154 Å². The molecular weight excluding hydrogens is 348 g/mol. The van der Waals surface area contributed by atoms with Gasteiger partial charge in [0.05, 0.1) is 0 Å². The Bertz CT molecular complexity index is 1050. The van der Waals surface area contributed by atoms with Crippen molar-refractivity contribution >= 4 is 5.97 Å². The fourth-order valence-corrected chi connectivity index (χ4v) is 3.33. The van der Waals surface area contributed by atoms with E-state index < -0.39 is 11.8 Å². The van der Waals surface area contributed by atoms with Gasteiger partial charge in [0.1, 0.15) is 17.1 Å². The van der Waals surface area contributed by atoms with Gasteiger partial charge in [-0.15, -0.1) is 0 Å². The largest absolute Gasteiger partial charge is 0.507 e. The van der Waals surface area contributed by atoms with Crippen LogP contribution in [0.1, 0.15) is 21.5 Å². The third-order valence-corrected chi connectivity index (χ3v) is 4.60. The van der Waals surface area contributed by atoms with E-state index in [1.807, 2.05) is 30.3 Å². The summed E-state index contributed by atoms with van der Waals surface area (Å²) in [6.45, 7) is 0.133. The first kappa shape index (κ1) is 15.6. The number of esters is 1. The Balaban J connectivity index is 1.73. The van der Waals surface area contributed by atoms with E-state index in [2.05, 4.69) is 0 Å². The van der Waals surface area contributed by atoms with Gasteiger partial charge in [-0.2, -0.15) is 0 Å². The van der Waals surface area contributed by atoms with Crippen molar-refractivity contribution in [1.82, 2.24) is 0 Å². The molecule has 0 bridgehead atoms. The number of benzene rings is 3. The summed E-state index contributed by atoms with van der Waals surface area (Å²) in [5.74, 6) is -0.972. The molecule has 0 amide bonds. The molecule has 0 spiro atoms. The van der Waals surface area contributed by atoms with Gasteiger partial charge in [-0.05, 0) is 30.3 Å². The highest BCUT2D eigenvalue weighted by Crippen LogP contribution is 2.46. The number of ether oxygens (including phenoxy) is 4. The Hall–Kier alpha value is -3.67. The molecule has 2 heterocycles. The number of phenols is 1. The lowest BCUT2D eigenvalue weighted by Crippen LogP contribution is -2.43. The van der Waals surface area contributed by atoms with Gasteiger partial charge in [-0.1, -0.05) is 36.4 Å². The average Bonchev–Trinajstić information content (AvgIpc) is 3.16. The van der Waals surface area contributed by atoms with Gasteiger partial charge in [0.25, 0.3) is 0 Å². The highest BCUT2D eigenvalue weighted by molar-refractivity contribution is 5.96. The molecule has 1 N–H and O–H groups in total. The van der Waals surface area contributed by atoms with Crippen LogP contribution in [0.5, 0.6) is 23.0 Å².